The first-order valence-electron chi connectivity index (χ1n) is 9.38. The van der Waals surface area contributed by atoms with Crippen LogP contribution in [0.5, 0.6) is 0 Å². The Hall–Kier alpha value is -2.88. The van der Waals surface area contributed by atoms with Crippen LogP contribution in [0.15, 0.2) is 48.5 Å². The molecule has 28 heavy (non-hydrogen) atoms. The Balaban J connectivity index is 1.60. The lowest BCUT2D eigenvalue weighted by Gasteiger charge is -2.44. The third kappa shape index (κ3) is 4.69. The predicted molar refractivity (Wildman–Crippen MR) is 107 cm³/mol. The van der Waals surface area contributed by atoms with Crippen LogP contribution in [-0.2, 0) is 11.2 Å². The minimum absolute atomic E-state index is 0.0738. The van der Waals surface area contributed by atoms with Crippen LogP contribution in [0.1, 0.15) is 27.9 Å². The molecule has 1 saturated heterocycles. The first kappa shape index (κ1) is 19.9. The van der Waals surface area contributed by atoms with Crippen molar-refractivity contribution in [2.24, 2.45) is 5.92 Å². The first-order valence-corrected chi connectivity index (χ1v) is 9.38. The number of aryl methyl sites for hydroxylation is 1. The average Bonchev–Trinajstić information content (AvgIpc) is 2.72. The van der Waals surface area contributed by atoms with Crippen LogP contribution in [0.4, 0.5) is 5.69 Å². The van der Waals surface area contributed by atoms with Crippen molar-refractivity contribution in [1.29, 1.82) is 5.26 Å². The Kier molecular flexibility index (Phi) is 6.30. The molecule has 0 saturated carbocycles. The number of carbonyl (C=O) groups excluding carboxylic acids is 1. The van der Waals surface area contributed by atoms with Gasteiger partial charge in [0.1, 0.15) is 0 Å². The number of aliphatic hydroxyl groups is 1. The van der Waals surface area contributed by atoms with Crippen molar-refractivity contribution in [3.63, 3.8) is 0 Å². The number of ether oxygens (including phenoxy) is 1. The van der Waals surface area contributed by atoms with Crippen molar-refractivity contribution < 1.29 is 14.6 Å². The molecule has 1 fully saturated rings. The number of hydrogen-bond acceptors (Lipinski definition) is 6. The van der Waals surface area contributed by atoms with Crippen molar-refractivity contribution in [2.75, 3.05) is 32.1 Å². The van der Waals surface area contributed by atoms with Gasteiger partial charge in [0.05, 0.1) is 29.9 Å². The highest BCUT2D eigenvalue weighted by atomic mass is 16.5. The molecule has 1 unspecified atom stereocenters. The lowest BCUT2D eigenvalue weighted by atomic mass is 9.79. The van der Waals surface area contributed by atoms with Crippen LogP contribution in [0.2, 0.25) is 0 Å². The molecule has 6 nitrogen and oxygen atoms in total. The quantitative estimate of drug-likeness (QED) is 0.610. The molecule has 3 rings (SSSR count). The zero-order chi connectivity index (χ0) is 20.0. The molecule has 2 aromatic rings. The van der Waals surface area contributed by atoms with Crippen molar-refractivity contribution >= 4 is 11.7 Å². The molecule has 6 heteroatoms. The second-order valence-corrected chi connectivity index (χ2v) is 7.20. The summed E-state index contributed by atoms with van der Waals surface area (Å²) >= 11 is 0. The summed E-state index contributed by atoms with van der Waals surface area (Å²) in [5.74, 6) is -0.286. The number of methoxy groups -OCH3 is 1. The van der Waals surface area contributed by atoms with Gasteiger partial charge < -0.3 is 20.5 Å². The van der Waals surface area contributed by atoms with Gasteiger partial charge in [-0.2, -0.15) is 5.26 Å². The number of rotatable bonds is 8. The zero-order valence-corrected chi connectivity index (χ0v) is 15.9. The normalized spacial score (nSPS) is 15.8. The second-order valence-electron chi connectivity index (χ2n) is 7.20. The molecule has 146 valence electrons. The molecule has 3 N–H and O–H groups in total. The van der Waals surface area contributed by atoms with Crippen LogP contribution >= 0.6 is 0 Å². The number of anilines is 1. The molecule has 0 bridgehead atoms. The van der Waals surface area contributed by atoms with Crippen molar-refractivity contribution in [3.05, 3.63) is 65.2 Å². The molecule has 2 aromatic carbocycles. The Bertz CT molecular complexity index is 837. The number of nitrogens with one attached hydrogen (secondary N) is 2. The molecule has 0 aromatic heterocycles. The lowest BCUT2D eigenvalue weighted by Crippen LogP contribution is -2.64. The Morgan fingerprint density at radius 2 is 1.93 bits per heavy atom. The zero-order valence-electron chi connectivity index (χ0n) is 15.9. The van der Waals surface area contributed by atoms with Crippen molar-refractivity contribution in [2.45, 2.75) is 18.4 Å². The van der Waals surface area contributed by atoms with Gasteiger partial charge in [0.15, 0.2) is 0 Å². The summed E-state index contributed by atoms with van der Waals surface area (Å²) < 4.78 is 4.71. The Morgan fingerprint density at radius 1 is 1.25 bits per heavy atom. The monoisotopic (exact) mass is 379 g/mol. The summed E-state index contributed by atoms with van der Waals surface area (Å²) in [6, 6.07) is 16.8. The Labute approximate surface area is 165 Å². The highest BCUT2D eigenvalue weighted by Gasteiger charge is 2.41. The van der Waals surface area contributed by atoms with E-state index in [4.69, 9.17) is 10.00 Å². The molecule has 0 spiro atoms. The van der Waals surface area contributed by atoms with E-state index in [1.807, 2.05) is 36.4 Å². The minimum Gasteiger partial charge on any atom is -0.465 e. The van der Waals surface area contributed by atoms with Crippen LogP contribution in [0.25, 0.3) is 0 Å². The van der Waals surface area contributed by atoms with Gasteiger partial charge in [-0.15, -0.1) is 0 Å². The summed E-state index contributed by atoms with van der Waals surface area (Å²) in [6.07, 6.45) is 1.67. The summed E-state index contributed by atoms with van der Waals surface area (Å²) in [6.45, 7) is 1.81. The molecule has 1 aliphatic rings. The third-order valence-electron chi connectivity index (χ3n) is 5.35. The summed E-state index contributed by atoms with van der Waals surface area (Å²) in [5.41, 5.74) is 2.49. The number of hydrogen-bond donors (Lipinski definition) is 3. The number of β-amino-alcohol motifs (C(OH)–C–C–N with tert-alkyl or cyclic N) is 1. The highest BCUT2D eigenvalue weighted by Crippen LogP contribution is 2.27. The van der Waals surface area contributed by atoms with E-state index in [9.17, 15) is 9.90 Å². The highest BCUT2D eigenvalue weighted by molar-refractivity contribution is 5.89. The summed E-state index contributed by atoms with van der Waals surface area (Å²) in [4.78, 5) is 11.5. The minimum atomic E-state index is -0.717. The van der Waals surface area contributed by atoms with Gasteiger partial charge >= 0.3 is 5.97 Å². The first-order chi connectivity index (χ1) is 13.5. The molecule has 1 heterocycles. The molecule has 1 atom stereocenters. The number of nitriles is 1. The lowest BCUT2D eigenvalue weighted by molar-refractivity contribution is -0.0597. The van der Waals surface area contributed by atoms with Crippen molar-refractivity contribution in [3.8, 4) is 6.07 Å². The van der Waals surface area contributed by atoms with Gasteiger partial charge in [-0.05, 0) is 54.8 Å². The maximum absolute atomic E-state index is 11.5. The molecular weight excluding hydrogens is 354 g/mol. The van der Waals surface area contributed by atoms with Gasteiger partial charge in [0.25, 0.3) is 0 Å². The van der Waals surface area contributed by atoms with Gasteiger partial charge in [-0.25, -0.2) is 4.79 Å². The molecule has 0 amide bonds. The van der Waals surface area contributed by atoms with Gasteiger partial charge in [0.2, 0.25) is 0 Å². The van der Waals surface area contributed by atoms with Crippen LogP contribution in [-0.4, -0.2) is 43.4 Å². The SMILES string of the molecule is COC(=O)c1ccc(NCC(CCc2ccc(C#N)cc2)C2(O)CNC2)cc1. The maximum Gasteiger partial charge on any atom is 0.337 e. The predicted octanol–water partition coefficient (Wildman–Crippen LogP) is 2.34. The maximum atomic E-state index is 11.5. The summed E-state index contributed by atoms with van der Waals surface area (Å²) in [5, 5.41) is 26.3. The van der Waals surface area contributed by atoms with Gasteiger partial charge in [0, 0.05) is 31.2 Å². The van der Waals surface area contributed by atoms with E-state index < -0.39 is 5.60 Å². The Morgan fingerprint density at radius 3 is 2.46 bits per heavy atom. The smallest absolute Gasteiger partial charge is 0.337 e. The van der Waals surface area contributed by atoms with E-state index in [1.165, 1.54) is 7.11 Å². The average molecular weight is 379 g/mol. The summed E-state index contributed by atoms with van der Waals surface area (Å²) in [7, 11) is 1.36. The van der Waals surface area contributed by atoms with E-state index in [0.29, 0.717) is 30.8 Å². The number of nitrogens with zero attached hydrogens (tertiary/aromatic N) is 1. The van der Waals surface area contributed by atoms with E-state index in [0.717, 1.165) is 24.1 Å². The van der Waals surface area contributed by atoms with Crippen molar-refractivity contribution in [1.82, 2.24) is 5.32 Å². The number of carbonyl (C=O) groups is 1. The van der Waals surface area contributed by atoms with Crippen LogP contribution in [0.3, 0.4) is 0 Å². The third-order valence-corrected chi connectivity index (χ3v) is 5.35. The van der Waals surface area contributed by atoms with E-state index >= 15 is 0 Å². The fraction of sp³-hybridized carbons (Fsp3) is 0.364. The fourth-order valence-corrected chi connectivity index (χ4v) is 3.40. The van der Waals surface area contributed by atoms with E-state index in [1.54, 1.807) is 12.1 Å². The fourth-order valence-electron chi connectivity index (χ4n) is 3.40. The second kappa shape index (κ2) is 8.87. The molecular formula is C22H25N3O3. The largest absolute Gasteiger partial charge is 0.465 e. The topological polar surface area (TPSA) is 94.4 Å². The van der Waals surface area contributed by atoms with Gasteiger partial charge in [-0.3, -0.25) is 0 Å². The molecule has 0 radical (unpaired) electrons. The molecule has 0 aliphatic carbocycles. The number of esters is 1. The van der Waals surface area contributed by atoms with E-state index in [2.05, 4.69) is 16.7 Å². The van der Waals surface area contributed by atoms with Crippen LogP contribution in [0, 0.1) is 17.2 Å². The standard InChI is InChI=1S/C22H25N3O3/c1-28-21(26)18-7-10-20(11-8-18)25-13-19(22(27)14-24-15-22)9-6-16-2-4-17(12-23)5-3-16/h2-5,7-8,10-11,19,24-25,27H,6,9,13-15H2,1H3. The van der Waals surface area contributed by atoms with E-state index in [-0.39, 0.29) is 11.9 Å². The van der Waals surface area contributed by atoms with Gasteiger partial charge in [-0.1, -0.05) is 12.1 Å². The molecule has 1 aliphatic heterocycles. The number of benzene rings is 2. The van der Waals surface area contributed by atoms with Crippen LogP contribution < -0.4 is 10.6 Å².